The SMILES string of the molecule is C=C(F)C(=O)N1CCN(c2nc(OC)nc3c2NC(=O)C2(C3)OCCc3c(Cl)cc(F)cc32)CC1CC#N. The van der Waals surface area contributed by atoms with E-state index in [9.17, 15) is 23.6 Å². The summed E-state index contributed by atoms with van der Waals surface area (Å²) in [5.74, 6) is -2.79. The summed E-state index contributed by atoms with van der Waals surface area (Å²) >= 11 is 6.31. The molecule has 198 valence electrons. The molecule has 2 unspecified atom stereocenters. The van der Waals surface area contributed by atoms with Gasteiger partial charge in [0.05, 0.1) is 37.9 Å². The molecule has 1 fully saturated rings. The van der Waals surface area contributed by atoms with Crippen LogP contribution in [0.5, 0.6) is 6.01 Å². The van der Waals surface area contributed by atoms with Crippen molar-refractivity contribution in [3.63, 3.8) is 0 Å². The lowest BCUT2D eigenvalue weighted by Gasteiger charge is -2.43. The van der Waals surface area contributed by atoms with Crippen LogP contribution in [-0.2, 0) is 32.8 Å². The van der Waals surface area contributed by atoms with Gasteiger partial charge in [-0.05, 0) is 24.1 Å². The van der Waals surface area contributed by atoms with E-state index >= 15 is 0 Å². The fraction of sp³-hybridized carbons (Fsp3) is 0.400. The molecule has 1 aromatic carbocycles. The van der Waals surface area contributed by atoms with E-state index in [1.165, 1.54) is 24.1 Å². The number of carbonyl (C=O) groups excluding carboxylic acids is 2. The minimum atomic E-state index is -1.56. The number of piperazine rings is 1. The lowest BCUT2D eigenvalue weighted by atomic mass is 9.80. The first-order valence-corrected chi connectivity index (χ1v) is 12.2. The fourth-order valence-electron chi connectivity index (χ4n) is 5.29. The molecule has 10 nitrogen and oxygen atoms in total. The molecule has 0 saturated carbocycles. The maximum absolute atomic E-state index is 14.4. The molecule has 4 heterocycles. The number of hydrogen-bond donors (Lipinski definition) is 1. The van der Waals surface area contributed by atoms with Crippen molar-refractivity contribution in [1.82, 2.24) is 14.9 Å². The number of anilines is 2. The average molecular weight is 545 g/mol. The zero-order valence-corrected chi connectivity index (χ0v) is 21.1. The van der Waals surface area contributed by atoms with Gasteiger partial charge in [0, 0.05) is 36.6 Å². The number of amides is 2. The quantitative estimate of drug-likeness (QED) is 0.583. The van der Waals surface area contributed by atoms with E-state index in [2.05, 4.69) is 21.9 Å². The maximum Gasteiger partial charge on any atom is 0.318 e. The van der Waals surface area contributed by atoms with E-state index in [-0.39, 0.29) is 50.1 Å². The average Bonchev–Trinajstić information content (AvgIpc) is 2.89. The van der Waals surface area contributed by atoms with Gasteiger partial charge in [-0.3, -0.25) is 9.59 Å². The van der Waals surface area contributed by atoms with Gasteiger partial charge in [-0.1, -0.05) is 18.2 Å². The summed E-state index contributed by atoms with van der Waals surface area (Å²) < 4.78 is 39.3. The highest BCUT2D eigenvalue weighted by molar-refractivity contribution is 6.31. The third-order valence-corrected chi connectivity index (χ3v) is 7.38. The number of benzene rings is 1. The maximum atomic E-state index is 14.4. The van der Waals surface area contributed by atoms with Gasteiger partial charge < -0.3 is 24.6 Å². The molecule has 1 saturated heterocycles. The van der Waals surface area contributed by atoms with Gasteiger partial charge in [-0.2, -0.15) is 15.2 Å². The molecule has 13 heteroatoms. The van der Waals surface area contributed by atoms with Crippen LogP contribution in [-0.4, -0.2) is 66.1 Å². The van der Waals surface area contributed by atoms with Gasteiger partial charge in [-0.25, -0.2) is 8.78 Å². The molecule has 2 aromatic rings. The summed E-state index contributed by atoms with van der Waals surface area (Å²) in [5, 5.41) is 12.4. The minimum Gasteiger partial charge on any atom is -0.467 e. The number of rotatable bonds is 4. The largest absolute Gasteiger partial charge is 0.467 e. The minimum absolute atomic E-state index is 0.0193. The highest BCUT2D eigenvalue weighted by atomic mass is 35.5. The topological polar surface area (TPSA) is 121 Å². The summed E-state index contributed by atoms with van der Waals surface area (Å²) in [6.07, 6.45) is 0.337. The third kappa shape index (κ3) is 4.21. The van der Waals surface area contributed by atoms with Crippen LogP contribution in [0.25, 0.3) is 0 Å². The fourth-order valence-corrected chi connectivity index (χ4v) is 5.59. The number of nitrogens with one attached hydrogen (secondary N) is 1. The summed E-state index contributed by atoms with van der Waals surface area (Å²) in [7, 11) is 1.40. The lowest BCUT2D eigenvalue weighted by Crippen LogP contribution is -2.56. The van der Waals surface area contributed by atoms with Crippen molar-refractivity contribution in [3.8, 4) is 12.1 Å². The van der Waals surface area contributed by atoms with Crippen molar-refractivity contribution in [3.05, 3.63) is 52.2 Å². The Morgan fingerprint density at radius 2 is 2.21 bits per heavy atom. The molecule has 1 spiro atoms. The van der Waals surface area contributed by atoms with Crippen LogP contribution in [0.1, 0.15) is 23.2 Å². The molecule has 1 aromatic heterocycles. The molecule has 0 radical (unpaired) electrons. The second kappa shape index (κ2) is 9.81. The Bertz CT molecular complexity index is 1400. The molecule has 3 aliphatic rings. The third-order valence-electron chi connectivity index (χ3n) is 7.05. The predicted octanol–water partition coefficient (Wildman–Crippen LogP) is 2.65. The first kappa shape index (κ1) is 25.8. The predicted molar refractivity (Wildman–Crippen MR) is 132 cm³/mol. The van der Waals surface area contributed by atoms with Crippen LogP contribution < -0.4 is 15.0 Å². The smallest absolute Gasteiger partial charge is 0.318 e. The van der Waals surface area contributed by atoms with Gasteiger partial charge in [0.2, 0.25) is 0 Å². The van der Waals surface area contributed by atoms with Gasteiger partial charge in [-0.15, -0.1) is 0 Å². The van der Waals surface area contributed by atoms with Crippen LogP contribution >= 0.6 is 11.6 Å². The van der Waals surface area contributed by atoms with E-state index < -0.39 is 35.1 Å². The Hall–Kier alpha value is -3.82. The van der Waals surface area contributed by atoms with Gasteiger partial charge in [0.15, 0.2) is 17.2 Å². The van der Waals surface area contributed by atoms with Crippen LogP contribution in [0.4, 0.5) is 20.3 Å². The van der Waals surface area contributed by atoms with E-state index in [1.54, 1.807) is 4.90 Å². The number of nitriles is 1. The highest BCUT2D eigenvalue weighted by Gasteiger charge is 2.50. The van der Waals surface area contributed by atoms with E-state index in [4.69, 9.17) is 21.1 Å². The molecule has 0 aliphatic carbocycles. The monoisotopic (exact) mass is 544 g/mol. The van der Waals surface area contributed by atoms with Gasteiger partial charge >= 0.3 is 6.01 Å². The molecular formula is C25H23ClF2N6O4. The van der Waals surface area contributed by atoms with Crippen molar-refractivity contribution in [2.45, 2.75) is 30.9 Å². The summed E-state index contributed by atoms with van der Waals surface area (Å²) in [5.41, 5.74) is 0.119. The number of hydrogen-bond acceptors (Lipinski definition) is 8. The summed E-state index contributed by atoms with van der Waals surface area (Å²) in [6.45, 7) is 3.74. The van der Waals surface area contributed by atoms with Gasteiger partial charge in [0.1, 0.15) is 11.5 Å². The number of ether oxygens (including phenoxy) is 2. The molecular weight excluding hydrogens is 522 g/mol. The van der Waals surface area contributed by atoms with E-state index in [0.717, 1.165) is 0 Å². The van der Waals surface area contributed by atoms with E-state index in [1.807, 2.05) is 6.07 Å². The second-order valence-corrected chi connectivity index (χ2v) is 9.60. The zero-order chi connectivity index (χ0) is 27.2. The van der Waals surface area contributed by atoms with Crippen molar-refractivity contribution < 1.29 is 27.8 Å². The summed E-state index contributed by atoms with van der Waals surface area (Å²) in [6, 6.07) is 3.86. The normalized spacial score (nSPS) is 22.3. The number of nitrogens with zero attached hydrogens (tertiary/aromatic N) is 5. The molecule has 2 atom stereocenters. The summed E-state index contributed by atoms with van der Waals surface area (Å²) in [4.78, 5) is 37.9. The standard InChI is InChI=1S/C25H23ClF2N6O4/c1-13(27)22(35)34-7-6-33(12-15(34)3-5-29)21-20-19(30-24(32-21)37-2)11-25(23(36)31-20)17-9-14(28)10-18(26)16(17)4-8-38-25/h9-10,15H,1,3-4,6-8,11-12H2,2H3,(H,31,36). The van der Waals surface area contributed by atoms with Crippen molar-refractivity contribution in [2.75, 3.05) is 43.6 Å². The molecule has 5 rings (SSSR count). The number of carbonyl (C=O) groups is 2. The second-order valence-electron chi connectivity index (χ2n) is 9.19. The molecule has 1 N–H and O–H groups in total. The molecule has 38 heavy (non-hydrogen) atoms. The van der Waals surface area contributed by atoms with E-state index in [0.29, 0.717) is 34.7 Å². The first-order chi connectivity index (χ1) is 18.2. The van der Waals surface area contributed by atoms with Crippen LogP contribution in [0.3, 0.4) is 0 Å². The van der Waals surface area contributed by atoms with Crippen LogP contribution in [0.15, 0.2) is 24.5 Å². The van der Waals surface area contributed by atoms with Gasteiger partial charge in [0.25, 0.3) is 11.8 Å². The Kier molecular flexibility index (Phi) is 6.66. The zero-order valence-electron chi connectivity index (χ0n) is 20.4. The highest BCUT2D eigenvalue weighted by Crippen LogP contribution is 2.45. The molecule has 2 amide bonds. The number of aromatic nitrogens is 2. The van der Waals surface area contributed by atoms with Crippen molar-refractivity contribution in [1.29, 1.82) is 5.26 Å². The first-order valence-electron chi connectivity index (χ1n) is 11.8. The number of halogens is 3. The van der Waals surface area contributed by atoms with Crippen molar-refractivity contribution >= 4 is 34.9 Å². The Morgan fingerprint density at radius 1 is 1.42 bits per heavy atom. The number of fused-ring (bicyclic) bond motifs is 3. The lowest BCUT2D eigenvalue weighted by molar-refractivity contribution is -0.146. The Labute approximate surface area is 221 Å². The van der Waals surface area contributed by atoms with Crippen LogP contribution in [0, 0.1) is 17.1 Å². The van der Waals surface area contributed by atoms with Crippen LogP contribution in [0.2, 0.25) is 5.02 Å². The molecule has 0 bridgehead atoms. The van der Waals surface area contributed by atoms with Crippen molar-refractivity contribution in [2.24, 2.45) is 0 Å². The Balaban J connectivity index is 1.55. The number of methoxy groups -OCH3 is 1. The Morgan fingerprint density at radius 3 is 2.92 bits per heavy atom. The molecule has 3 aliphatic heterocycles.